The molecule has 4 rings (SSSR count). The Bertz CT molecular complexity index is 845. The number of aromatic amines is 1. The number of amides is 1. The first-order chi connectivity index (χ1) is 11.3. The molecule has 23 heavy (non-hydrogen) atoms. The van der Waals surface area contributed by atoms with Crippen molar-refractivity contribution >= 4 is 16.7 Å². The third-order valence-corrected chi connectivity index (χ3v) is 4.23. The van der Waals surface area contributed by atoms with E-state index in [2.05, 4.69) is 28.4 Å². The topological polar surface area (TPSA) is 58.2 Å². The average molecular weight is 307 g/mol. The summed E-state index contributed by atoms with van der Waals surface area (Å²) in [5.41, 5.74) is 2.39. The molecule has 2 heterocycles. The molecule has 1 fully saturated rings. The van der Waals surface area contributed by atoms with E-state index in [1.807, 2.05) is 29.2 Å². The van der Waals surface area contributed by atoms with Crippen LogP contribution in [0.3, 0.4) is 0 Å². The Labute approximate surface area is 133 Å². The Hall–Kier alpha value is -2.66. The summed E-state index contributed by atoms with van der Waals surface area (Å²) in [5, 5.41) is 9.37. The van der Waals surface area contributed by atoms with Crippen molar-refractivity contribution in [2.24, 2.45) is 0 Å². The van der Waals surface area contributed by atoms with Gasteiger partial charge in [-0.25, -0.2) is 0 Å². The van der Waals surface area contributed by atoms with Gasteiger partial charge in [0.15, 0.2) is 0 Å². The van der Waals surface area contributed by atoms with Crippen LogP contribution in [0.5, 0.6) is 0 Å². The highest BCUT2D eigenvalue weighted by atomic mass is 16.5. The van der Waals surface area contributed by atoms with Crippen LogP contribution < -0.4 is 0 Å². The Balaban J connectivity index is 1.78. The van der Waals surface area contributed by atoms with Gasteiger partial charge in [-0.3, -0.25) is 9.89 Å². The SMILES string of the molecule is O=C(c1cn[nH]c1-c1cccc2ccccc12)N1CCOCC1. The summed E-state index contributed by atoms with van der Waals surface area (Å²) >= 11 is 0. The third kappa shape index (κ3) is 2.49. The molecule has 0 spiro atoms. The van der Waals surface area contributed by atoms with Crippen LogP contribution >= 0.6 is 0 Å². The molecule has 0 bridgehead atoms. The van der Waals surface area contributed by atoms with Gasteiger partial charge in [-0.15, -0.1) is 0 Å². The normalized spacial score (nSPS) is 15.0. The molecule has 1 aliphatic heterocycles. The molecule has 1 amide bonds. The third-order valence-electron chi connectivity index (χ3n) is 4.23. The van der Waals surface area contributed by atoms with E-state index >= 15 is 0 Å². The molecular formula is C18H17N3O2. The minimum atomic E-state index is 0.00461. The number of aromatic nitrogens is 2. The number of ether oxygens (including phenoxy) is 1. The van der Waals surface area contributed by atoms with Crippen molar-refractivity contribution in [3.05, 3.63) is 54.2 Å². The van der Waals surface area contributed by atoms with Crippen molar-refractivity contribution < 1.29 is 9.53 Å². The van der Waals surface area contributed by atoms with E-state index in [9.17, 15) is 4.79 Å². The molecular weight excluding hydrogens is 290 g/mol. The lowest BCUT2D eigenvalue weighted by atomic mass is 9.99. The standard InChI is InChI=1S/C18H17N3O2/c22-18(21-8-10-23-11-9-21)16-12-19-20-17(16)15-7-3-5-13-4-1-2-6-14(13)15/h1-7,12H,8-11H2,(H,19,20). The van der Waals surface area contributed by atoms with Gasteiger partial charge in [-0.05, 0) is 10.8 Å². The van der Waals surface area contributed by atoms with E-state index in [4.69, 9.17) is 4.74 Å². The highest BCUT2D eigenvalue weighted by Crippen LogP contribution is 2.30. The molecule has 0 atom stereocenters. The minimum absolute atomic E-state index is 0.00461. The molecule has 1 N–H and O–H groups in total. The van der Waals surface area contributed by atoms with Crippen molar-refractivity contribution in [1.82, 2.24) is 15.1 Å². The van der Waals surface area contributed by atoms with Crippen molar-refractivity contribution in [2.75, 3.05) is 26.3 Å². The number of hydrogen-bond acceptors (Lipinski definition) is 3. The van der Waals surface area contributed by atoms with Gasteiger partial charge in [0.25, 0.3) is 5.91 Å². The van der Waals surface area contributed by atoms with Gasteiger partial charge in [0.05, 0.1) is 30.7 Å². The fourth-order valence-electron chi connectivity index (χ4n) is 3.03. The fourth-order valence-corrected chi connectivity index (χ4v) is 3.03. The van der Waals surface area contributed by atoms with Crippen LogP contribution in [0.1, 0.15) is 10.4 Å². The van der Waals surface area contributed by atoms with Crippen LogP contribution in [-0.4, -0.2) is 47.3 Å². The van der Waals surface area contributed by atoms with Gasteiger partial charge in [0.1, 0.15) is 0 Å². The zero-order chi connectivity index (χ0) is 15.6. The number of carbonyl (C=O) groups excluding carboxylic acids is 1. The van der Waals surface area contributed by atoms with Crippen LogP contribution in [0, 0.1) is 0 Å². The molecule has 0 saturated carbocycles. The first kappa shape index (κ1) is 14.0. The summed E-state index contributed by atoms with van der Waals surface area (Å²) in [6.07, 6.45) is 1.62. The van der Waals surface area contributed by atoms with Crippen LogP contribution in [0.25, 0.3) is 22.0 Å². The van der Waals surface area contributed by atoms with E-state index < -0.39 is 0 Å². The molecule has 0 unspecified atom stereocenters. The summed E-state index contributed by atoms with van der Waals surface area (Å²) in [6, 6.07) is 14.2. The predicted molar refractivity (Wildman–Crippen MR) is 88.3 cm³/mol. The highest BCUT2D eigenvalue weighted by molar-refractivity contribution is 6.04. The van der Waals surface area contributed by atoms with Gasteiger partial charge in [-0.2, -0.15) is 5.10 Å². The number of benzene rings is 2. The number of nitrogens with zero attached hydrogens (tertiary/aromatic N) is 2. The second-order valence-corrected chi connectivity index (χ2v) is 5.59. The van der Waals surface area contributed by atoms with Crippen molar-refractivity contribution in [1.29, 1.82) is 0 Å². The number of nitrogens with one attached hydrogen (secondary N) is 1. The first-order valence-electron chi connectivity index (χ1n) is 7.73. The zero-order valence-corrected chi connectivity index (χ0v) is 12.7. The fraction of sp³-hybridized carbons (Fsp3) is 0.222. The second-order valence-electron chi connectivity index (χ2n) is 5.59. The zero-order valence-electron chi connectivity index (χ0n) is 12.7. The summed E-state index contributed by atoms with van der Waals surface area (Å²) in [6.45, 7) is 2.43. The minimum Gasteiger partial charge on any atom is -0.378 e. The lowest BCUT2D eigenvalue weighted by Gasteiger charge is -2.26. The van der Waals surface area contributed by atoms with Gasteiger partial charge < -0.3 is 9.64 Å². The van der Waals surface area contributed by atoms with Gasteiger partial charge >= 0.3 is 0 Å². The maximum absolute atomic E-state index is 12.8. The Morgan fingerprint density at radius 1 is 1.09 bits per heavy atom. The lowest BCUT2D eigenvalue weighted by Crippen LogP contribution is -2.40. The molecule has 0 radical (unpaired) electrons. The predicted octanol–water partition coefficient (Wildman–Crippen LogP) is 2.70. The number of morpholine rings is 1. The number of hydrogen-bond donors (Lipinski definition) is 1. The monoisotopic (exact) mass is 307 g/mol. The van der Waals surface area contributed by atoms with Crippen LogP contribution in [-0.2, 0) is 4.74 Å². The van der Waals surface area contributed by atoms with Crippen LogP contribution in [0.4, 0.5) is 0 Å². The summed E-state index contributed by atoms with van der Waals surface area (Å²) in [5.74, 6) is 0.00461. The van der Waals surface area contributed by atoms with Crippen molar-refractivity contribution in [3.8, 4) is 11.3 Å². The summed E-state index contributed by atoms with van der Waals surface area (Å²) in [4.78, 5) is 14.6. The number of carbonyl (C=O) groups is 1. The molecule has 5 heteroatoms. The maximum atomic E-state index is 12.8. The molecule has 2 aromatic carbocycles. The van der Waals surface area contributed by atoms with E-state index in [0.29, 0.717) is 31.9 Å². The molecule has 1 aliphatic rings. The van der Waals surface area contributed by atoms with E-state index in [-0.39, 0.29) is 5.91 Å². The Kier molecular flexibility index (Phi) is 3.55. The molecule has 0 aliphatic carbocycles. The molecule has 1 aromatic heterocycles. The van der Waals surface area contributed by atoms with Crippen molar-refractivity contribution in [3.63, 3.8) is 0 Å². The molecule has 1 saturated heterocycles. The van der Waals surface area contributed by atoms with E-state index in [1.165, 1.54) is 0 Å². The quantitative estimate of drug-likeness (QED) is 0.792. The number of H-pyrrole nitrogens is 1. The summed E-state index contributed by atoms with van der Waals surface area (Å²) < 4.78 is 5.32. The Morgan fingerprint density at radius 3 is 2.74 bits per heavy atom. The molecule has 5 nitrogen and oxygen atoms in total. The van der Waals surface area contributed by atoms with E-state index in [1.54, 1.807) is 6.20 Å². The van der Waals surface area contributed by atoms with E-state index in [0.717, 1.165) is 22.0 Å². The van der Waals surface area contributed by atoms with Crippen LogP contribution in [0.15, 0.2) is 48.7 Å². The Morgan fingerprint density at radius 2 is 1.87 bits per heavy atom. The second kappa shape index (κ2) is 5.85. The molecule has 3 aromatic rings. The van der Waals surface area contributed by atoms with Crippen LogP contribution in [0.2, 0.25) is 0 Å². The molecule has 116 valence electrons. The average Bonchev–Trinajstić information content (AvgIpc) is 3.11. The van der Waals surface area contributed by atoms with Gasteiger partial charge in [0, 0.05) is 18.7 Å². The largest absolute Gasteiger partial charge is 0.378 e. The number of rotatable bonds is 2. The highest BCUT2D eigenvalue weighted by Gasteiger charge is 2.23. The van der Waals surface area contributed by atoms with Gasteiger partial charge in [0.2, 0.25) is 0 Å². The maximum Gasteiger partial charge on any atom is 0.257 e. The number of fused-ring (bicyclic) bond motifs is 1. The van der Waals surface area contributed by atoms with Gasteiger partial charge in [-0.1, -0.05) is 42.5 Å². The lowest BCUT2D eigenvalue weighted by molar-refractivity contribution is 0.0303. The first-order valence-corrected chi connectivity index (χ1v) is 7.73. The smallest absolute Gasteiger partial charge is 0.257 e. The summed E-state index contributed by atoms with van der Waals surface area (Å²) in [7, 11) is 0. The van der Waals surface area contributed by atoms with Crippen molar-refractivity contribution in [2.45, 2.75) is 0 Å².